The van der Waals surface area contributed by atoms with Crippen molar-refractivity contribution >= 4 is 35.6 Å². The van der Waals surface area contributed by atoms with Crippen LogP contribution in [0.5, 0.6) is 0 Å². The van der Waals surface area contributed by atoms with Crippen LogP contribution < -0.4 is 0 Å². The molecule has 0 N–H and O–H groups in total. The van der Waals surface area contributed by atoms with E-state index in [1.165, 1.54) is 6.42 Å². The number of rotatable bonds is 10. The zero-order valence-electron chi connectivity index (χ0n) is 17.4. The first-order valence-corrected chi connectivity index (χ1v) is 12.1. The molecule has 156 valence electrons. The normalized spacial score (nSPS) is 13.9. The van der Waals surface area contributed by atoms with Crippen molar-refractivity contribution in [3.8, 4) is 17.3 Å². The molecule has 2 heterocycles. The zero-order valence-corrected chi connectivity index (χ0v) is 19.1. The first kappa shape index (κ1) is 22.5. The monoisotopic (exact) mass is 438 g/mol. The highest BCUT2D eigenvalue weighted by molar-refractivity contribution is 8.16. The van der Waals surface area contributed by atoms with Crippen LogP contribution in [-0.4, -0.2) is 40.7 Å². The van der Waals surface area contributed by atoms with Gasteiger partial charge in [-0.15, -0.1) is 11.8 Å². The minimum atomic E-state index is 0.451. The number of hydrogen-bond donors (Lipinski definition) is 0. The van der Waals surface area contributed by atoms with Crippen molar-refractivity contribution in [1.82, 2.24) is 9.97 Å². The molecular weight excluding hydrogens is 412 g/mol. The Morgan fingerprint density at radius 3 is 2.87 bits per heavy atom. The van der Waals surface area contributed by atoms with E-state index in [0.29, 0.717) is 11.7 Å². The average Bonchev–Trinajstić information content (AvgIpc) is 2.71. The van der Waals surface area contributed by atoms with E-state index in [-0.39, 0.29) is 0 Å². The van der Waals surface area contributed by atoms with E-state index in [1.54, 1.807) is 42.9 Å². The highest BCUT2D eigenvalue weighted by Gasteiger charge is 2.26. The molecule has 0 bridgehead atoms. The highest BCUT2D eigenvalue weighted by Crippen LogP contribution is 2.42. The molecule has 0 saturated heterocycles. The van der Waals surface area contributed by atoms with Crippen molar-refractivity contribution in [1.29, 1.82) is 5.26 Å². The number of hydrogen-bond acceptors (Lipinski definition) is 7. The van der Waals surface area contributed by atoms with Crippen molar-refractivity contribution in [2.24, 2.45) is 4.99 Å². The average molecular weight is 439 g/mol. The lowest BCUT2D eigenvalue weighted by Gasteiger charge is -2.27. The van der Waals surface area contributed by atoms with Crippen molar-refractivity contribution < 1.29 is 4.74 Å². The number of allylic oxidation sites excluding steroid dienone is 1. The molecule has 0 atom stereocenters. The maximum absolute atomic E-state index is 9.87. The Morgan fingerprint density at radius 2 is 2.23 bits per heavy atom. The van der Waals surface area contributed by atoms with Gasteiger partial charge in [0, 0.05) is 35.9 Å². The van der Waals surface area contributed by atoms with E-state index in [1.807, 2.05) is 13.1 Å². The number of thioether (sulfide) groups is 2. The van der Waals surface area contributed by atoms with Gasteiger partial charge in [0.05, 0.1) is 17.9 Å². The maximum Gasteiger partial charge on any atom is 0.154 e. The number of nitriles is 1. The molecule has 1 saturated carbocycles. The fraction of sp³-hybridized carbons (Fsp3) is 0.391. The predicted octanol–water partition coefficient (Wildman–Crippen LogP) is 5.91. The third kappa shape index (κ3) is 5.51. The van der Waals surface area contributed by atoms with E-state index in [0.717, 1.165) is 63.3 Å². The minimum absolute atomic E-state index is 0.451. The summed E-state index contributed by atoms with van der Waals surface area (Å²) in [6.45, 7) is 6.37. The van der Waals surface area contributed by atoms with E-state index in [9.17, 15) is 5.26 Å². The van der Waals surface area contributed by atoms with Gasteiger partial charge < -0.3 is 4.74 Å². The Labute approximate surface area is 187 Å². The summed E-state index contributed by atoms with van der Waals surface area (Å²) in [7, 11) is 1.71. The minimum Gasteiger partial charge on any atom is -0.384 e. The summed E-state index contributed by atoms with van der Waals surface area (Å²) in [5.41, 5.74) is 4.66. The van der Waals surface area contributed by atoms with Gasteiger partial charge in [-0.3, -0.25) is 0 Å². The molecule has 2 aromatic rings. The molecule has 3 rings (SSSR count). The second-order valence-electron chi connectivity index (χ2n) is 7.06. The van der Waals surface area contributed by atoms with Crippen molar-refractivity contribution in [2.45, 2.75) is 37.1 Å². The molecule has 0 amide bonds. The SMILES string of the molecule is C=CC=Nc1ncc(-c2cc(C3CCC3)c(C#N)c(SCSCCOC)n2)cc1C. The Kier molecular flexibility index (Phi) is 8.50. The molecule has 5 nitrogen and oxygen atoms in total. The molecule has 7 heteroatoms. The van der Waals surface area contributed by atoms with Gasteiger partial charge in [-0.2, -0.15) is 5.26 Å². The molecule has 1 aliphatic carbocycles. The van der Waals surface area contributed by atoms with E-state index >= 15 is 0 Å². The molecule has 0 unspecified atom stereocenters. The van der Waals surface area contributed by atoms with Crippen LogP contribution in [0.3, 0.4) is 0 Å². The Hall–Kier alpha value is -2.14. The van der Waals surface area contributed by atoms with Crippen LogP contribution in [0.2, 0.25) is 0 Å². The number of aliphatic imine (C=N–C) groups is 1. The number of aryl methyl sites for hydroxylation is 1. The van der Waals surface area contributed by atoms with Gasteiger partial charge >= 0.3 is 0 Å². The summed E-state index contributed by atoms with van der Waals surface area (Å²) in [6.07, 6.45) is 8.58. The number of pyridine rings is 2. The smallest absolute Gasteiger partial charge is 0.154 e. The van der Waals surface area contributed by atoms with Crippen molar-refractivity contribution in [2.75, 3.05) is 24.6 Å². The molecule has 1 aliphatic rings. The molecule has 30 heavy (non-hydrogen) atoms. The number of methoxy groups -OCH3 is 1. The molecule has 2 aromatic heterocycles. The zero-order chi connectivity index (χ0) is 21.3. The molecule has 0 spiro atoms. The summed E-state index contributed by atoms with van der Waals surface area (Å²) in [5, 5.41) is 11.5. The molecule has 0 aliphatic heterocycles. The van der Waals surface area contributed by atoms with Crippen LogP contribution in [0.15, 0.2) is 41.0 Å². The number of aromatic nitrogens is 2. The fourth-order valence-electron chi connectivity index (χ4n) is 3.21. The Morgan fingerprint density at radius 1 is 1.40 bits per heavy atom. The lowest BCUT2D eigenvalue weighted by Crippen LogP contribution is -2.12. The standard InChI is InChI=1S/C23H26N4OS2/c1-4-8-25-22-16(2)11-18(14-26-22)21-12-19(17-6-5-7-17)20(13-24)23(27-21)30-15-29-10-9-28-3/h4,8,11-12,14,17H,1,5-7,9-10,15H2,2-3H3. The first-order chi connectivity index (χ1) is 14.7. The number of nitrogens with zero attached hydrogens (tertiary/aromatic N) is 4. The summed E-state index contributed by atoms with van der Waals surface area (Å²) in [5.74, 6) is 2.05. The van der Waals surface area contributed by atoms with Crippen LogP contribution in [-0.2, 0) is 4.74 Å². The summed E-state index contributed by atoms with van der Waals surface area (Å²) >= 11 is 3.43. The van der Waals surface area contributed by atoms with Gasteiger partial charge in [0.2, 0.25) is 0 Å². The van der Waals surface area contributed by atoms with E-state index < -0.39 is 0 Å². The summed E-state index contributed by atoms with van der Waals surface area (Å²) < 4.78 is 5.11. The summed E-state index contributed by atoms with van der Waals surface area (Å²) in [6, 6.07) is 6.58. The lowest BCUT2D eigenvalue weighted by molar-refractivity contribution is 0.219. The van der Waals surface area contributed by atoms with Crippen molar-refractivity contribution in [3.05, 3.63) is 47.7 Å². The summed E-state index contributed by atoms with van der Waals surface area (Å²) in [4.78, 5) is 13.7. The lowest BCUT2D eigenvalue weighted by atomic mass is 9.78. The largest absolute Gasteiger partial charge is 0.384 e. The second kappa shape index (κ2) is 11.3. The molecule has 0 radical (unpaired) electrons. The van der Waals surface area contributed by atoms with Crippen LogP contribution in [0.1, 0.15) is 41.9 Å². The van der Waals surface area contributed by atoms with E-state index in [2.05, 4.69) is 34.8 Å². The third-order valence-corrected chi connectivity index (χ3v) is 7.20. The molecular formula is C23H26N4OS2. The fourth-order valence-corrected chi connectivity index (χ4v) is 5.22. The van der Waals surface area contributed by atoms with Gasteiger partial charge in [-0.25, -0.2) is 15.0 Å². The molecule has 1 fully saturated rings. The molecule has 0 aromatic carbocycles. The van der Waals surface area contributed by atoms with Gasteiger partial charge in [0.1, 0.15) is 11.1 Å². The van der Waals surface area contributed by atoms with Crippen LogP contribution in [0.25, 0.3) is 11.3 Å². The topological polar surface area (TPSA) is 71.2 Å². The van der Waals surface area contributed by atoms with Crippen LogP contribution in [0, 0.1) is 18.3 Å². The maximum atomic E-state index is 9.87. The van der Waals surface area contributed by atoms with Crippen LogP contribution in [0.4, 0.5) is 5.82 Å². The predicted molar refractivity (Wildman–Crippen MR) is 127 cm³/mol. The van der Waals surface area contributed by atoms with E-state index in [4.69, 9.17) is 9.72 Å². The third-order valence-electron chi connectivity index (χ3n) is 5.03. The second-order valence-corrected chi connectivity index (χ2v) is 9.49. The van der Waals surface area contributed by atoms with Crippen molar-refractivity contribution in [3.63, 3.8) is 0 Å². The first-order valence-electron chi connectivity index (χ1n) is 9.94. The van der Waals surface area contributed by atoms with Crippen LogP contribution >= 0.6 is 23.5 Å². The Balaban J connectivity index is 1.94. The Bertz CT molecular complexity index is 964. The van der Waals surface area contributed by atoms with Gasteiger partial charge in [0.25, 0.3) is 0 Å². The number of ether oxygens (including phenoxy) is 1. The van der Waals surface area contributed by atoms with Gasteiger partial charge in [-0.05, 0) is 48.9 Å². The highest BCUT2D eigenvalue weighted by atomic mass is 32.2. The quantitative estimate of drug-likeness (QED) is 0.199. The van der Waals surface area contributed by atoms with Gasteiger partial charge in [-0.1, -0.05) is 30.8 Å². The van der Waals surface area contributed by atoms with Gasteiger partial charge in [0.15, 0.2) is 5.82 Å².